The number of piperidine rings is 1. The fraction of sp³-hybridized carbons (Fsp3) is 0.364. The van der Waals surface area contributed by atoms with Gasteiger partial charge in [0.25, 0.3) is 0 Å². The van der Waals surface area contributed by atoms with Crippen LogP contribution in [0.2, 0.25) is 0 Å². The van der Waals surface area contributed by atoms with Gasteiger partial charge < -0.3 is 9.32 Å². The summed E-state index contributed by atoms with van der Waals surface area (Å²) < 4.78 is 5.46. The molecule has 140 valence electrons. The van der Waals surface area contributed by atoms with Crippen molar-refractivity contribution in [3.05, 3.63) is 66.4 Å². The molecule has 3 aromatic rings. The second kappa shape index (κ2) is 7.92. The van der Waals surface area contributed by atoms with Crippen molar-refractivity contribution >= 4 is 16.7 Å². The van der Waals surface area contributed by atoms with Gasteiger partial charge in [-0.1, -0.05) is 18.2 Å². The van der Waals surface area contributed by atoms with Gasteiger partial charge in [0.05, 0.1) is 18.7 Å². The average Bonchev–Trinajstić information content (AvgIpc) is 3.21. The number of furan rings is 1. The predicted octanol–water partition coefficient (Wildman–Crippen LogP) is 3.70. The van der Waals surface area contributed by atoms with Gasteiger partial charge in [0.15, 0.2) is 0 Å². The Kier molecular flexibility index (Phi) is 5.21. The number of amides is 1. The lowest BCUT2D eigenvalue weighted by Crippen LogP contribution is -2.43. The van der Waals surface area contributed by atoms with E-state index in [-0.39, 0.29) is 11.8 Å². The Hall–Kier alpha value is -2.66. The molecule has 0 N–H and O–H groups in total. The van der Waals surface area contributed by atoms with Gasteiger partial charge in [0.1, 0.15) is 5.76 Å². The molecule has 5 heteroatoms. The highest BCUT2D eigenvalue weighted by atomic mass is 16.3. The third-order valence-corrected chi connectivity index (χ3v) is 5.37. The van der Waals surface area contributed by atoms with Crippen molar-refractivity contribution in [2.75, 3.05) is 20.1 Å². The molecule has 0 unspecified atom stereocenters. The van der Waals surface area contributed by atoms with Crippen LogP contribution in [0, 0.1) is 5.92 Å². The summed E-state index contributed by atoms with van der Waals surface area (Å²) in [4.78, 5) is 21.4. The minimum Gasteiger partial charge on any atom is -0.468 e. The number of pyridine rings is 1. The lowest BCUT2D eigenvalue weighted by Gasteiger charge is -2.33. The summed E-state index contributed by atoms with van der Waals surface area (Å²) in [6, 6.07) is 12.1. The van der Waals surface area contributed by atoms with Crippen LogP contribution in [0.1, 0.15) is 24.2 Å². The van der Waals surface area contributed by atoms with Crippen LogP contribution in [0.3, 0.4) is 0 Å². The van der Waals surface area contributed by atoms with E-state index in [1.165, 1.54) is 0 Å². The highest BCUT2D eigenvalue weighted by Crippen LogP contribution is 2.23. The number of benzene rings is 1. The van der Waals surface area contributed by atoms with Crippen molar-refractivity contribution in [3.63, 3.8) is 0 Å². The highest BCUT2D eigenvalue weighted by Gasteiger charge is 2.28. The molecule has 1 aliphatic rings. The van der Waals surface area contributed by atoms with Crippen LogP contribution in [0.4, 0.5) is 0 Å². The van der Waals surface area contributed by atoms with E-state index >= 15 is 0 Å². The van der Waals surface area contributed by atoms with Gasteiger partial charge >= 0.3 is 0 Å². The van der Waals surface area contributed by atoms with E-state index in [4.69, 9.17) is 4.42 Å². The summed E-state index contributed by atoms with van der Waals surface area (Å²) in [5.74, 6) is 1.24. The molecule has 0 spiro atoms. The Morgan fingerprint density at radius 2 is 2.22 bits per heavy atom. The number of carbonyl (C=O) groups excluding carboxylic acids is 1. The number of hydrogen-bond acceptors (Lipinski definition) is 4. The van der Waals surface area contributed by atoms with Crippen LogP contribution < -0.4 is 0 Å². The van der Waals surface area contributed by atoms with E-state index in [0.29, 0.717) is 6.54 Å². The fourth-order valence-electron chi connectivity index (χ4n) is 4.00. The summed E-state index contributed by atoms with van der Waals surface area (Å²) in [5, 5.41) is 2.27. The van der Waals surface area contributed by atoms with E-state index in [2.05, 4.69) is 22.0 Å². The zero-order chi connectivity index (χ0) is 18.6. The molecule has 5 nitrogen and oxygen atoms in total. The highest BCUT2D eigenvalue weighted by molar-refractivity contribution is 5.85. The molecule has 0 aliphatic carbocycles. The summed E-state index contributed by atoms with van der Waals surface area (Å²) in [6.07, 6.45) is 7.38. The Balaban J connectivity index is 1.42. The largest absolute Gasteiger partial charge is 0.468 e. The molecular weight excluding hydrogens is 338 g/mol. The normalized spacial score (nSPS) is 17.9. The Morgan fingerprint density at radius 3 is 3.07 bits per heavy atom. The maximum absolute atomic E-state index is 13.0. The third-order valence-electron chi connectivity index (χ3n) is 5.37. The van der Waals surface area contributed by atoms with Gasteiger partial charge in [-0.25, -0.2) is 0 Å². The lowest BCUT2D eigenvalue weighted by molar-refractivity contribution is -0.136. The third kappa shape index (κ3) is 4.03. The molecule has 0 radical (unpaired) electrons. The molecule has 1 amide bonds. The van der Waals surface area contributed by atoms with Crippen LogP contribution >= 0.6 is 0 Å². The molecule has 27 heavy (non-hydrogen) atoms. The van der Waals surface area contributed by atoms with Gasteiger partial charge in [-0.2, -0.15) is 0 Å². The van der Waals surface area contributed by atoms with Crippen molar-refractivity contribution in [1.82, 2.24) is 14.8 Å². The number of likely N-dealkylation sites (tertiary alicyclic amines) is 1. The van der Waals surface area contributed by atoms with E-state index < -0.39 is 0 Å². The standard InChI is InChI=1S/C22H25N3O2/c1-24(14-18-6-2-5-17-13-23-10-9-21(17)18)22(26)19-7-3-11-25(15-19)16-20-8-4-12-27-20/h2,4-6,8-10,12-13,19H,3,7,11,14-16H2,1H3/t19-/m0/s1. The first kappa shape index (κ1) is 17.7. The first-order valence-electron chi connectivity index (χ1n) is 9.52. The van der Waals surface area contributed by atoms with Gasteiger partial charge in [-0.05, 0) is 48.5 Å². The Labute approximate surface area is 159 Å². The molecule has 3 heterocycles. The molecule has 1 saturated heterocycles. The van der Waals surface area contributed by atoms with Crippen molar-refractivity contribution in [2.24, 2.45) is 5.92 Å². The topological polar surface area (TPSA) is 49.6 Å². The van der Waals surface area contributed by atoms with Crippen molar-refractivity contribution in [1.29, 1.82) is 0 Å². The van der Waals surface area contributed by atoms with E-state index in [1.807, 2.05) is 42.4 Å². The average molecular weight is 363 g/mol. The lowest BCUT2D eigenvalue weighted by atomic mass is 9.96. The van der Waals surface area contributed by atoms with Gasteiger partial charge in [0, 0.05) is 37.9 Å². The van der Waals surface area contributed by atoms with Crippen LogP contribution in [-0.4, -0.2) is 40.8 Å². The smallest absolute Gasteiger partial charge is 0.227 e. The van der Waals surface area contributed by atoms with Crippen molar-refractivity contribution < 1.29 is 9.21 Å². The van der Waals surface area contributed by atoms with E-state index in [1.54, 1.807) is 12.5 Å². The second-order valence-corrected chi connectivity index (χ2v) is 7.36. The van der Waals surface area contributed by atoms with Gasteiger partial charge in [-0.3, -0.25) is 14.7 Å². The zero-order valence-corrected chi connectivity index (χ0v) is 15.7. The number of rotatable bonds is 5. The molecule has 4 rings (SSSR count). The molecule has 0 saturated carbocycles. The molecule has 1 aliphatic heterocycles. The minimum atomic E-state index is 0.0513. The van der Waals surface area contributed by atoms with Crippen LogP contribution in [0.15, 0.2) is 59.5 Å². The molecule has 0 bridgehead atoms. The molecular formula is C22H25N3O2. The Bertz CT molecular complexity index is 902. The maximum Gasteiger partial charge on any atom is 0.227 e. The summed E-state index contributed by atoms with van der Waals surface area (Å²) >= 11 is 0. The number of carbonyl (C=O) groups is 1. The molecule has 1 aromatic carbocycles. The zero-order valence-electron chi connectivity index (χ0n) is 15.7. The van der Waals surface area contributed by atoms with Crippen molar-refractivity contribution in [3.8, 4) is 0 Å². The quantitative estimate of drug-likeness (QED) is 0.694. The van der Waals surface area contributed by atoms with Crippen molar-refractivity contribution in [2.45, 2.75) is 25.9 Å². The molecule has 2 aromatic heterocycles. The summed E-state index contributed by atoms with van der Waals surface area (Å²) in [5.41, 5.74) is 1.16. The predicted molar refractivity (Wildman–Crippen MR) is 105 cm³/mol. The summed E-state index contributed by atoms with van der Waals surface area (Å²) in [7, 11) is 1.91. The van der Waals surface area contributed by atoms with E-state index in [9.17, 15) is 4.79 Å². The fourth-order valence-corrected chi connectivity index (χ4v) is 4.00. The molecule has 1 atom stereocenters. The first-order valence-corrected chi connectivity index (χ1v) is 9.52. The number of aromatic nitrogens is 1. The maximum atomic E-state index is 13.0. The first-order chi connectivity index (χ1) is 13.2. The van der Waals surface area contributed by atoms with E-state index in [0.717, 1.165) is 54.6 Å². The number of hydrogen-bond donors (Lipinski definition) is 0. The van der Waals surface area contributed by atoms with Gasteiger partial charge in [0.2, 0.25) is 5.91 Å². The van der Waals surface area contributed by atoms with Crippen LogP contribution in [0.25, 0.3) is 10.8 Å². The minimum absolute atomic E-state index is 0.0513. The van der Waals surface area contributed by atoms with Crippen LogP contribution in [0.5, 0.6) is 0 Å². The van der Waals surface area contributed by atoms with Gasteiger partial charge in [-0.15, -0.1) is 0 Å². The monoisotopic (exact) mass is 363 g/mol. The number of fused-ring (bicyclic) bond motifs is 1. The summed E-state index contributed by atoms with van der Waals surface area (Å²) in [6.45, 7) is 3.21. The van der Waals surface area contributed by atoms with Crippen LogP contribution in [-0.2, 0) is 17.9 Å². The molecule has 1 fully saturated rings. The number of nitrogens with zero attached hydrogens (tertiary/aromatic N) is 3. The second-order valence-electron chi connectivity index (χ2n) is 7.36. The SMILES string of the molecule is CN(Cc1cccc2cnccc12)C(=O)[C@H]1CCCN(Cc2ccco2)C1. The Morgan fingerprint density at radius 1 is 1.30 bits per heavy atom.